The summed E-state index contributed by atoms with van der Waals surface area (Å²) in [6, 6.07) is 15.4. The van der Waals surface area contributed by atoms with Gasteiger partial charge in [0.1, 0.15) is 24.3 Å². The quantitative estimate of drug-likeness (QED) is 0.328. The van der Waals surface area contributed by atoms with Crippen LogP contribution in [-0.4, -0.2) is 125 Å². The monoisotopic (exact) mass is 643 g/mol. The van der Waals surface area contributed by atoms with Gasteiger partial charge in [0.2, 0.25) is 11.9 Å². The number of ether oxygens (including phenoxy) is 2. The Morgan fingerprint density at radius 2 is 1.91 bits per heavy atom. The third kappa shape index (κ3) is 6.98. The number of aromatic nitrogens is 3. The maximum Gasteiger partial charge on any atom is 0.239 e. The topological polar surface area (TPSA) is 152 Å². The summed E-state index contributed by atoms with van der Waals surface area (Å²) in [5.74, 6) is 0.784. The Kier molecular flexibility index (Phi) is 9.12. The molecule has 0 radical (unpaired) electrons. The molecule has 2 aromatic carbocycles. The van der Waals surface area contributed by atoms with Crippen molar-refractivity contribution >= 4 is 23.2 Å². The molecule has 4 atom stereocenters. The number of amides is 1. The number of hydrogen-bond acceptors (Lipinski definition) is 12. The molecule has 0 bridgehead atoms. The molecule has 3 N–H and O–H groups in total. The van der Waals surface area contributed by atoms with E-state index in [1.54, 1.807) is 18.2 Å². The summed E-state index contributed by atoms with van der Waals surface area (Å²) in [5.41, 5.74) is 2.82. The third-order valence-electron chi connectivity index (χ3n) is 9.35. The number of β-amino-alcohol motifs (C(OH)–C–C–N with tert-alkyl or cyclic N) is 1. The number of hydrogen-bond donors (Lipinski definition) is 3. The normalized spacial score (nSPS) is 25.2. The lowest BCUT2D eigenvalue weighted by molar-refractivity contribution is -0.137. The highest BCUT2D eigenvalue weighted by Crippen LogP contribution is 2.29. The largest absolute Gasteiger partial charge is 0.486 e. The summed E-state index contributed by atoms with van der Waals surface area (Å²) in [6.45, 7) is 6.30. The van der Waals surface area contributed by atoms with Crippen LogP contribution in [0.5, 0.6) is 5.75 Å². The number of carbonyl (C=O) groups is 1. The third-order valence-corrected chi connectivity index (χ3v) is 9.35. The lowest BCUT2D eigenvalue weighted by atomic mass is 10.0. The number of anilines is 3. The molecule has 13 nitrogen and oxygen atoms in total. The maximum atomic E-state index is 15.2. The van der Waals surface area contributed by atoms with Gasteiger partial charge in [-0.25, -0.2) is 14.4 Å². The molecule has 1 amide bonds. The number of nitrogens with one attached hydrogen (secondary N) is 2. The van der Waals surface area contributed by atoms with Crippen LogP contribution in [0.1, 0.15) is 18.4 Å². The average molecular weight is 644 g/mol. The van der Waals surface area contributed by atoms with E-state index in [1.165, 1.54) is 16.9 Å². The van der Waals surface area contributed by atoms with Gasteiger partial charge in [0.15, 0.2) is 12.0 Å². The van der Waals surface area contributed by atoms with E-state index in [2.05, 4.69) is 53.6 Å². The molecule has 246 valence electrons. The number of benzene rings is 2. The van der Waals surface area contributed by atoms with E-state index >= 15 is 4.39 Å². The van der Waals surface area contributed by atoms with Crippen molar-refractivity contribution in [1.82, 2.24) is 30.1 Å². The number of nitriles is 1. The molecule has 4 aliphatic heterocycles. The minimum Gasteiger partial charge on any atom is -0.486 e. The Morgan fingerprint density at radius 3 is 2.60 bits per heavy atom. The van der Waals surface area contributed by atoms with Crippen molar-refractivity contribution in [3.05, 3.63) is 54.4 Å². The molecule has 14 heteroatoms. The number of alkyl halides is 1. The van der Waals surface area contributed by atoms with Gasteiger partial charge in [0.25, 0.3) is 0 Å². The zero-order valence-corrected chi connectivity index (χ0v) is 26.0. The van der Waals surface area contributed by atoms with Crippen molar-refractivity contribution < 1.29 is 23.8 Å². The minimum atomic E-state index is -1.42. The van der Waals surface area contributed by atoms with Crippen molar-refractivity contribution in [1.29, 1.82) is 5.26 Å². The molecule has 1 aromatic heterocycles. The van der Waals surface area contributed by atoms with E-state index < -0.39 is 24.4 Å². The molecule has 7 rings (SSSR count). The second-order valence-electron chi connectivity index (χ2n) is 12.4. The Bertz CT molecular complexity index is 1610. The van der Waals surface area contributed by atoms with Gasteiger partial charge in [0.05, 0.1) is 43.5 Å². The highest BCUT2D eigenvalue weighted by Gasteiger charge is 2.38. The van der Waals surface area contributed by atoms with Crippen LogP contribution in [0.15, 0.2) is 48.8 Å². The predicted octanol–water partition coefficient (Wildman–Crippen LogP) is 1.72. The molecule has 4 aliphatic rings. The molecule has 0 spiro atoms. The zero-order valence-electron chi connectivity index (χ0n) is 26.0. The number of rotatable bonds is 8. The standard InChI is InChI=1S/C33H38FN9O4/c34-27-17-43(32(45)28-14-26(44)16-36-28)8-7-30(27)47-29-6-1-21(13-22(29)15-35)31-37-20-38-33(40-31)39-23-2-4-24(5-3-23)41-9-11-42(12-10-41)25-18-46-19-25/h1-6,13,20,25-28,30,36,44H,7-12,14,16-19H2,(H,37,38,39,40)/t26-,27+,28?,30-/m0/s1. The van der Waals surface area contributed by atoms with Gasteiger partial charge in [-0.2, -0.15) is 10.2 Å². The summed E-state index contributed by atoms with van der Waals surface area (Å²) in [5, 5.41) is 25.8. The van der Waals surface area contributed by atoms with Crippen molar-refractivity contribution in [3.63, 3.8) is 0 Å². The number of likely N-dealkylation sites (tertiary alicyclic amines) is 1. The van der Waals surface area contributed by atoms with Gasteiger partial charge in [-0.3, -0.25) is 9.69 Å². The first kappa shape index (κ1) is 31.2. The number of piperidine rings is 1. The minimum absolute atomic E-state index is 0.103. The van der Waals surface area contributed by atoms with Gasteiger partial charge in [-0.1, -0.05) is 0 Å². The summed E-state index contributed by atoms with van der Waals surface area (Å²) in [6.07, 6.45) is -0.774. The summed E-state index contributed by atoms with van der Waals surface area (Å²) >= 11 is 0. The van der Waals surface area contributed by atoms with Gasteiger partial charge in [-0.05, 0) is 48.9 Å². The van der Waals surface area contributed by atoms with E-state index in [0.717, 1.165) is 45.1 Å². The molecule has 0 aliphatic carbocycles. The van der Waals surface area contributed by atoms with Crippen molar-refractivity contribution in [2.24, 2.45) is 0 Å². The average Bonchev–Trinajstić information content (AvgIpc) is 3.51. The molecule has 0 saturated carbocycles. The Balaban J connectivity index is 0.955. The first-order valence-corrected chi connectivity index (χ1v) is 16.1. The van der Waals surface area contributed by atoms with Gasteiger partial charge >= 0.3 is 0 Å². The fourth-order valence-corrected chi connectivity index (χ4v) is 6.52. The summed E-state index contributed by atoms with van der Waals surface area (Å²) < 4.78 is 26.5. The Morgan fingerprint density at radius 1 is 1.11 bits per heavy atom. The number of piperazine rings is 1. The van der Waals surface area contributed by atoms with Crippen molar-refractivity contribution in [2.45, 2.75) is 43.3 Å². The highest BCUT2D eigenvalue weighted by atomic mass is 19.1. The predicted molar refractivity (Wildman–Crippen MR) is 171 cm³/mol. The zero-order chi connectivity index (χ0) is 32.3. The first-order chi connectivity index (χ1) is 22.9. The van der Waals surface area contributed by atoms with Gasteiger partial charge in [-0.15, -0.1) is 0 Å². The summed E-state index contributed by atoms with van der Waals surface area (Å²) in [4.78, 5) is 32.2. The molecule has 47 heavy (non-hydrogen) atoms. The lowest BCUT2D eigenvalue weighted by Crippen LogP contribution is -2.56. The van der Waals surface area contributed by atoms with Crippen LogP contribution in [0.25, 0.3) is 11.4 Å². The van der Waals surface area contributed by atoms with Gasteiger partial charge in [0, 0.05) is 62.6 Å². The van der Waals surface area contributed by atoms with Crippen molar-refractivity contribution in [2.75, 3.05) is 69.2 Å². The molecule has 3 aromatic rings. The molecular formula is C33H38FN9O4. The van der Waals surface area contributed by atoms with E-state index in [1.807, 2.05) is 12.1 Å². The number of carbonyl (C=O) groups excluding carboxylic acids is 1. The fraction of sp³-hybridized carbons (Fsp3) is 0.485. The maximum absolute atomic E-state index is 15.2. The van der Waals surface area contributed by atoms with Crippen LogP contribution in [0.2, 0.25) is 0 Å². The molecule has 4 saturated heterocycles. The molecule has 4 fully saturated rings. The van der Waals surface area contributed by atoms with Crippen LogP contribution in [0.3, 0.4) is 0 Å². The SMILES string of the molecule is N#Cc1cc(-c2ncnc(Nc3ccc(N4CCN(C5COC5)CC4)cc3)n2)ccc1O[C@H]1CCN(C(=O)C2C[C@H](O)CN2)C[C@H]1F. The fourth-order valence-electron chi connectivity index (χ4n) is 6.52. The van der Waals surface area contributed by atoms with Crippen LogP contribution in [0.4, 0.5) is 21.7 Å². The highest BCUT2D eigenvalue weighted by molar-refractivity contribution is 5.82. The number of halogens is 1. The molecule has 1 unspecified atom stereocenters. The van der Waals surface area contributed by atoms with E-state index in [4.69, 9.17) is 9.47 Å². The van der Waals surface area contributed by atoms with E-state index in [-0.39, 0.29) is 30.2 Å². The number of nitrogens with zero attached hydrogens (tertiary/aromatic N) is 7. The van der Waals surface area contributed by atoms with Crippen LogP contribution >= 0.6 is 0 Å². The number of aliphatic hydroxyl groups is 1. The summed E-state index contributed by atoms with van der Waals surface area (Å²) in [7, 11) is 0. The van der Waals surface area contributed by atoms with E-state index in [9.17, 15) is 15.2 Å². The molecular weight excluding hydrogens is 605 g/mol. The Hall–Kier alpha value is -4.42. The second kappa shape index (κ2) is 13.7. The second-order valence-corrected chi connectivity index (χ2v) is 12.4. The van der Waals surface area contributed by atoms with Crippen molar-refractivity contribution in [3.8, 4) is 23.2 Å². The van der Waals surface area contributed by atoms with Crippen LogP contribution < -0.4 is 20.3 Å². The van der Waals surface area contributed by atoms with Gasteiger partial charge < -0.3 is 35.0 Å². The molecule has 5 heterocycles. The lowest BCUT2D eigenvalue weighted by Gasteiger charge is -2.43. The van der Waals surface area contributed by atoms with E-state index in [0.29, 0.717) is 42.9 Å². The van der Waals surface area contributed by atoms with Crippen LogP contribution in [-0.2, 0) is 9.53 Å². The Labute approximate surface area is 272 Å². The first-order valence-electron chi connectivity index (χ1n) is 16.1. The van der Waals surface area contributed by atoms with Crippen LogP contribution in [0, 0.1) is 11.3 Å². The number of aliphatic hydroxyl groups excluding tert-OH is 1. The smallest absolute Gasteiger partial charge is 0.239 e.